The number of halogens is 1. The molecule has 20 heavy (non-hydrogen) atoms. The first-order valence-electron chi connectivity index (χ1n) is 7.10. The van der Waals surface area contributed by atoms with Crippen LogP contribution >= 0.6 is 11.6 Å². The van der Waals surface area contributed by atoms with Crippen LogP contribution in [-0.2, 0) is 0 Å². The number of nitrogens with two attached hydrogens (primary N) is 1. The lowest BCUT2D eigenvalue weighted by Gasteiger charge is -2.29. The van der Waals surface area contributed by atoms with Crippen molar-refractivity contribution in [3.8, 4) is 0 Å². The van der Waals surface area contributed by atoms with E-state index >= 15 is 0 Å². The Kier molecular flexibility index (Phi) is 5.12. The zero-order chi connectivity index (χ0) is 14.5. The van der Waals surface area contributed by atoms with Crippen LogP contribution in [0.3, 0.4) is 0 Å². The van der Waals surface area contributed by atoms with Crippen LogP contribution in [0.4, 0.5) is 5.69 Å². The van der Waals surface area contributed by atoms with Crippen LogP contribution in [0.25, 0.3) is 0 Å². The summed E-state index contributed by atoms with van der Waals surface area (Å²) in [5, 5.41) is 12.6. The highest BCUT2D eigenvalue weighted by molar-refractivity contribution is 6.31. The summed E-state index contributed by atoms with van der Waals surface area (Å²) in [5.74, 6) is 0.822. The standard InChI is InChI=1S/C15H22ClN3O/c1-19(10-11-5-3-2-4-6-11)14-8-7-12(16)9-13(14)15(17)18-20/h7-9,11,20H,2-6,10H2,1H3,(H2,17,18). The van der Waals surface area contributed by atoms with Crippen LogP contribution in [0, 0.1) is 5.92 Å². The number of nitrogens with zero attached hydrogens (tertiary/aromatic N) is 2. The molecular weight excluding hydrogens is 274 g/mol. The molecule has 0 atom stereocenters. The first-order chi connectivity index (χ1) is 9.61. The number of hydrogen-bond donors (Lipinski definition) is 2. The summed E-state index contributed by atoms with van der Waals surface area (Å²) >= 11 is 6.00. The molecule has 3 N–H and O–H groups in total. The molecule has 1 fully saturated rings. The minimum atomic E-state index is 0.0954. The molecule has 4 nitrogen and oxygen atoms in total. The van der Waals surface area contributed by atoms with Crippen molar-refractivity contribution >= 4 is 23.1 Å². The molecule has 0 aliphatic heterocycles. The van der Waals surface area contributed by atoms with Gasteiger partial charge in [0.25, 0.3) is 0 Å². The van der Waals surface area contributed by atoms with Crippen LogP contribution in [0.2, 0.25) is 5.02 Å². The van der Waals surface area contributed by atoms with Crippen LogP contribution in [0.15, 0.2) is 23.4 Å². The van der Waals surface area contributed by atoms with Gasteiger partial charge >= 0.3 is 0 Å². The average molecular weight is 296 g/mol. The molecule has 0 aromatic heterocycles. The highest BCUT2D eigenvalue weighted by Gasteiger charge is 2.18. The molecule has 0 spiro atoms. The van der Waals surface area contributed by atoms with E-state index in [4.69, 9.17) is 22.5 Å². The van der Waals surface area contributed by atoms with Gasteiger partial charge in [-0.15, -0.1) is 0 Å². The quantitative estimate of drug-likeness (QED) is 0.387. The van der Waals surface area contributed by atoms with Gasteiger partial charge in [-0.1, -0.05) is 36.0 Å². The third-order valence-electron chi connectivity index (χ3n) is 4.01. The Hall–Kier alpha value is -1.42. The third kappa shape index (κ3) is 3.57. The van der Waals surface area contributed by atoms with Crippen LogP contribution in [0.1, 0.15) is 37.7 Å². The van der Waals surface area contributed by atoms with Gasteiger partial charge in [-0.3, -0.25) is 0 Å². The maximum Gasteiger partial charge on any atom is 0.172 e. The lowest BCUT2D eigenvalue weighted by Crippen LogP contribution is -2.29. The first kappa shape index (κ1) is 15.0. The molecule has 1 saturated carbocycles. The van der Waals surface area contributed by atoms with Crippen molar-refractivity contribution in [3.05, 3.63) is 28.8 Å². The summed E-state index contributed by atoms with van der Waals surface area (Å²) in [6, 6.07) is 5.50. The summed E-state index contributed by atoms with van der Waals surface area (Å²) in [6.07, 6.45) is 6.59. The molecule has 0 bridgehead atoms. The molecule has 0 radical (unpaired) electrons. The first-order valence-corrected chi connectivity index (χ1v) is 7.48. The third-order valence-corrected chi connectivity index (χ3v) is 4.25. The van der Waals surface area contributed by atoms with E-state index in [0.717, 1.165) is 18.2 Å². The number of oxime groups is 1. The van der Waals surface area contributed by atoms with Crippen LogP contribution < -0.4 is 10.6 Å². The van der Waals surface area contributed by atoms with Crippen molar-refractivity contribution in [1.82, 2.24) is 0 Å². The van der Waals surface area contributed by atoms with Gasteiger partial charge in [0, 0.05) is 29.9 Å². The summed E-state index contributed by atoms with van der Waals surface area (Å²) < 4.78 is 0. The minimum absolute atomic E-state index is 0.0954. The number of benzene rings is 1. The lowest BCUT2D eigenvalue weighted by molar-refractivity contribution is 0.318. The van der Waals surface area contributed by atoms with E-state index in [0.29, 0.717) is 10.6 Å². The fourth-order valence-electron chi connectivity index (χ4n) is 2.96. The van der Waals surface area contributed by atoms with Gasteiger partial charge in [0.05, 0.1) is 0 Å². The van der Waals surface area contributed by atoms with E-state index in [2.05, 4.69) is 10.1 Å². The SMILES string of the molecule is CN(CC1CCCCC1)c1ccc(Cl)cc1C(N)=NO. The Morgan fingerprint density at radius 3 is 2.75 bits per heavy atom. The Bertz CT molecular complexity index is 484. The summed E-state index contributed by atoms with van der Waals surface area (Å²) in [5.41, 5.74) is 7.38. The number of amidine groups is 1. The predicted molar refractivity (Wildman–Crippen MR) is 83.8 cm³/mol. The van der Waals surface area contributed by atoms with Crippen molar-refractivity contribution in [2.24, 2.45) is 16.8 Å². The molecule has 0 heterocycles. The van der Waals surface area contributed by atoms with E-state index in [-0.39, 0.29) is 5.84 Å². The van der Waals surface area contributed by atoms with E-state index in [1.165, 1.54) is 32.1 Å². The fourth-order valence-corrected chi connectivity index (χ4v) is 3.13. The monoisotopic (exact) mass is 295 g/mol. The molecule has 1 aliphatic rings. The maximum absolute atomic E-state index is 8.91. The number of rotatable bonds is 4. The molecule has 1 aromatic carbocycles. The molecule has 0 amide bonds. The highest BCUT2D eigenvalue weighted by atomic mass is 35.5. The molecule has 5 heteroatoms. The number of anilines is 1. The van der Waals surface area contributed by atoms with Crippen molar-refractivity contribution in [2.75, 3.05) is 18.5 Å². The van der Waals surface area contributed by atoms with Crippen LogP contribution in [0.5, 0.6) is 0 Å². The van der Waals surface area contributed by atoms with Gasteiger partial charge in [0.1, 0.15) is 0 Å². The summed E-state index contributed by atoms with van der Waals surface area (Å²) in [6.45, 7) is 0.993. The Labute approximate surface area is 125 Å². The molecular formula is C15H22ClN3O. The smallest absolute Gasteiger partial charge is 0.172 e. The molecule has 1 aromatic rings. The normalized spacial score (nSPS) is 17.2. The van der Waals surface area contributed by atoms with E-state index in [9.17, 15) is 0 Å². The summed E-state index contributed by atoms with van der Waals surface area (Å²) in [4.78, 5) is 2.18. The molecule has 2 rings (SSSR count). The Balaban J connectivity index is 2.18. The molecule has 110 valence electrons. The minimum Gasteiger partial charge on any atom is -0.409 e. The second kappa shape index (κ2) is 6.84. The van der Waals surface area contributed by atoms with Crippen molar-refractivity contribution in [1.29, 1.82) is 0 Å². The van der Waals surface area contributed by atoms with Gasteiger partial charge in [-0.05, 0) is 37.0 Å². The lowest BCUT2D eigenvalue weighted by atomic mass is 9.89. The van der Waals surface area contributed by atoms with Gasteiger partial charge in [-0.2, -0.15) is 0 Å². The fraction of sp³-hybridized carbons (Fsp3) is 0.533. The zero-order valence-electron chi connectivity index (χ0n) is 11.8. The zero-order valence-corrected chi connectivity index (χ0v) is 12.6. The van der Waals surface area contributed by atoms with Crippen molar-refractivity contribution < 1.29 is 5.21 Å². The molecule has 0 saturated heterocycles. The number of hydrogen-bond acceptors (Lipinski definition) is 3. The maximum atomic E-state index is 8.91. The van der Waals surface area contributed by atoms with Gasteiger partial charge in [-0.25, -0.2) is 0 Å². The molecule has 0 unspecified atom stereocenters. The summed E-state index contributed by atoms with van der Waals surface area (Å²) in [7, 11) is 2.05. The molecule has 1 aliphatic carbocycles. The second-order valence-electron chi connectivity index (χ2n) is 5.53. The van der Waals surface area contributed by atoms with E-state index in [1.54, 1.807) is 6.07 Å². The second-order valence-corrected chi connectivity index (χ2v) is 5.97. The van der Waals surface area contributed by atoms with Crippen molar-refractivity contribution in [2.45, 2.75) is 32.1 Å². The van der Waals surface area contributed by atoms with Gasteiger partial charge in [0.2, 0.25) is 0 Å². The average Bonchev–Trinajstić information content (AvgIpc) is 2.47. The van der Waals surface area contributed by atoms with E-state index < -0.39 is 0 Å². The van der Waals surface area contributed by atoms with Gasteiger partial charge < -0.3 is 15.8 Å². The van der Waals surface area contributed by atoms with Crippen molar-refractivity contribution in [3.63, 3.8) is 0 Å². The Morgan fingerprint density at radius 1 is 1.40 bits per heavy atom. The predicted octanol–water partition coefficient (Wildman–Crippen LogP) is 3.45. The highest BCUT2D eigenvalue weighted by Crippen LogP contribution is 2.28. The van der Waals surface area contributed by atoms with Gasteiger partial charge in [0.15, 0.2) is 5.84 Å². The Morgan fingerprint density at radius 2 is 2.10 bits per heavy atom. The van der Waals surface area contributed by atoms with Crippen LogP contribution in [-0.4, -0.2) is 24.6 Å². The van der Waals surface area contributed by atoms with E-state index in [1.807, 2.05) is 19.2 Å². The largest absolute Gasteiger partial charge is 0.409 e. The topological polar surface area (TPSA) is 61.8 Å².